The fraction of sp³-hybridized carbons (Fsp3) is 0.214. The molecule has 5 nitrogen and oxygen atoms in total. The molecular weight excluding hydrogens is 276 g/mol. The predicted molar refractivity (Wildman–Crippen MR) is 79.1 cm³/mol. The lowest BCUT2D eigenvalue weighted by atomic mass is 10.1. The molecule has 1 aromatic carbocycles. The lowest BCUT2D eigenvalue weighted by Gasteiger charge is -2.08. The van der Waals surface area contributed by atoms with Crippen LogP contribution in [0.25, 0.3) is 0 Å². The van der Waals surface area contributed by atoms with Gasteiger partial charge in [-0.25, -0.2) is 0 Å². The molecule has 2 rings (SSSR count). The van der Waals surface area contributed by atoms with Crippen LogP contribution in [0.3, 0.4) is 0 Å². The first kappa shape index (κ1) is 14.2. The zero-order chi connectivity index (χ0) is 14.5. The Morgan fingerprint density at radius 1 is 1.35 bits per heavy atom. The monoisotopic (exact) mass is 290 g/mol. The van der Waals surface area contributed by atoms with Gasteiger partial charge in [-0.3, -0.25) is 14.9 Å². The first-order chi connectivity index (χ1) is 9.58. The van der Waals surface area contributed by atoms with Crippen LogP contribution in [0.1, 0.15) is 16.9 Å². The van der Waals surface area contributed by atoms with Gasteiger partial charge in [-0.1, -0.05) is 12.1 Å². The molecule has 0 atom stereocenters. The van der Waals surface area contributed by atoms with Gasteiger partial charge in [0.15, 0.2) is 0 Å². The number of nitro groups is 1. The van der Waals surface area contributed by atoms with Gasteiger partial charge in [-0.2, -0.15) is 0 Å². The van der Waals surface area contributed by atoms with Gasteiger partial charge in [-0.05, 0) is 30.9 Å². The number of rotatable bonds is 5. The predicted octanol–water partition coefficient (Wildman–Crippen LogP) is 3.54. The van der Waals surface area contributed by atoms with Crippen molar-refractivity contribution in [3.8, 4) is 0 Å². The third-order valence-corrected chi connectivity index (χ3v) is 3.89. The molecule has 0 saturated carbocycles. The summed E-state index contributed by atoms with van der Waals surface area (Å²) in [5.74, 6) is -0.137. The second kappa shape index (κ2) is 6.29. The van der Waals surface area contributed by atoms with Crippen LogP contribution in [-0.4, -0.2) is 10.8 Å². The molecule has 104 valence electrons. The van der Waals surface area contributed by atoms with Crippen molar-refractivity contribution in [2.24, 2.45) is 0 Å². The number of nitrogens with zero attached hydrogens (tertiary/aromatic N) is 1. The van der Waals surface area contributed by atoms with Gasteiger partial charge in [0.05, 0.1) is 16.2 Å². The molecular formula is C14H14N2O3S. The molecule has 0 aliphatic carbocycles. The molecule has 20 heavy (non-hydrogen) atoms. The quantitative estimate of drug-likeness (QED) is 0.676. The summed E-state index contributed by atoms with van der Waals surface area (Å²) >= 11 is 1.61. The van der Waals surface area contributed by atoms with E-state index in [0.717, 1.165) is 4.88 Å². The van der Waals surface area contributed by atoms with Gasteiger partial charge in [0, 0.05) is 17.4 Å². The second-order valence-corrected chi connectivity index (χ2v) is 5.37. The van der Waals surface area contributed by atoms with Crippen molar-refractivity contribution in [2.45, 2.75) is 19.8 Å². The number of nitrogens with one attached hydrogen (secondary N) is 1. The van der Waals surface area contributed by atoms with Crippen LogP contribution < -0.4 is 5.32 Å². The van der Waals surface area contributed by atoms with Gasteiger partial charge >= 0.3 is 0 Å². The minimum atomic E-state index is -0.448. The maximum atomic E-state index is 11.9. The third-order valence-electron chi connectivity index (χ3n) is 2.95. The minimum Gasteiger partial charge on any atom is -0.326 e. The van der Waals surface area contributed by atoms with Crippen molar-refractivity contribution in [2.75, 3.05) is 5.32 Å². The highest BCUT2D eigenvalue weighted by Gasteiger charge is 2.14. The van der Waals surface area contributed by atoms with Crippen LogP contribution in [0.2, 0.25) is 0 Å². The van der Waals surface area contributed by atoms with E-state index in [1.807, 2.05) is 17.5 Å². The molecule has 1 aromatic heterocycles. The van der Waals surface area contributed by atoms with Crippen LogP contribution in [0.15, 0.2) is 35.7 Å². The van der Waals surface area contributed by atoms with Crippen LogP contribution in [0.5, 0.6) is 0 Å². The summed E-state index contributed by atoms with van der Waals surface area (Å²) in [6.45, 7) is 1.63. The van der Waals surface area contributed by atoms with E-state index >= 15 is 0 Å². The van der Waals surface area contributed by atoms with Gasteiger partial charge in [0.2, 0.25) is 5.91 Å². The lowest BCUT2D eigenvalue weighted by Crippen LogP contribution is -2.13. The summed E-state index contributed by atoms with van der Waals surface area (Å²) in [4.78, 5) is 23.4. The van der Waals surface area contributed by atoms with E-state index in [-0.39, 0.29) is 11.6 Å². The zero-order valence-electron chi connectivity index (χ0n) is 11.0. The molecule has 0 unspecified atom stereocenters. The number of aryl methyl sites for hydroxylation is 1. The highest BCUT2D eigenvalue weighted by atomic mass is 32.1. The van der Waals surface area contributed by atoms with E-state index in [1.165, 1.54) is 6.07 Å². The fourth-order valence-electron chi connectivity index (χ4n) is 1.86. The topological polar surface area (TPSA) is 72.2 Å². The zero-order valence-corrected chi connectivity index (χ0v) is 11.8. The summed E-state index contributed by atoms with van der Waals surface area (Å²) in [5.41, 5.74) is 0.985. The molecule has 0 aliphatic rings. The summed E-state index contributed by atoms with van der Waals surface area (Å²) in [5, 5.41) is 15.5. The molecule has 6 heteroatoms. The van der Waals surface area contributed by atoms with Crippen molar-refractivity contribution in [3.63, 3.8) is 0 Å². The molecule has 0 aliphatic heterocycles. The largest absolute Gasteiger partial charge is 0.326 e. The molecule has 0 saturated heterocycles. The number of carbonyl (C=O) groups is 1. The molecule has 0 bridgehead atoms. The van der Waals surface area contributed by atoms with E-state index < -0.39 is 4.92 Å². The maximum Gasteiger partial charge on any atom is 0.274 e. The number of thiophene rings is 1. The van der Waals surface area contributed by atoms with Crippen LogP contribution >= 0.6 is 11.3 Å². The fourth-order valence-corrected chi connectivity index (χ4v) is 2.57. The van der Waals surface area contributed by atoms with Gasteiger partial charge in [0.1, 0.15) is 0 Å². The average Bonchev–Trinajstić information content (AvgIpc) is 2.91. The smallest absolute Gasteiger partial charge is 0.274 e. The van der Waals surface area contributed by atoms with E-state index in [9.17, 15) is 14.9 Å². The molecule has 2 aromatic rings. The maximum absolute atomic E-state index is 11.9. The Labute approximate surface area is 120 Å². The second-order valence-electron chi connectivity index (χ2n) is 4.33. The van der Waals surface area contributed by atoms with Crippen LogP contribution in [0.4, 0.5) is 11.4 Å². The Balaban J connectivity index is 2.01. The molecule has 0 fully saturated rings. The number of nitro benzene ring substituents is 1. The molecule has 1 N–H and O–H groups in total. The third kappa shape index (κ3) is 3.42. The van der Waals surface area contributed by atoms with Crippen LogP contribution in [-0.2, 0) is 11.2 Å². The van der Waals surface area contributed by atoms with E-state index in [0.29, 0.717) is 24.1 Å². The molecule has 0 radical (unpaired) electrons. The molecule has 1 amide bonds. The standard InChI is InChI=1S/C14H14N2O3S/c1-10-12(5-2-6-13(10)16(18)19)15-14(17)8-7-11-4-3-9-20-11/h2-6,9H,7-8H2,1H3,(H,15,17). The van der Waals surface area contributed by atoms with Crippen molar-refractivity contribution in [3.05, 3.63) is 56.3 Å². The summed E-state index contributed by atoms with van der Waals surface area (Å²) in [7, 11) is 0. The van der Waals surface area contributed by atoms with E-state index in [2.05, 4.69) is 5.32 Å². The molecule has 1 heterocycles. The van der Waals surface area contributed by atoms with Crippen molar-refractivity contribution in [1.82, 2.24) is 0 Å². The van der Waals surface area contributed by atoms with Crippen molar-refractivity contribution in [1.29, 1.82) is 0 Å². The first-order valence-electron chi connectivity index (χ1n) is 6.14. The van der Waals surface area contributed by atoms with Gasteiger partial charge in [0.25, 0.3) is 5.69 Å². The highest BCUT2D eigenvalue weighted by Crippen LogP contribution is 2.25. The number of hydrogen-bond donors (Lipinski definition) is 1. The number of anilines is 1. The summed E-state index contributed by atoms with van der Waals surface area (Å²) in [6, 6.07) is 8.60. The normalized spacial score (nSPS) is 10.2. The van der Waals surface area contributed by atoms with Crippen molar-refractivity contribution < 1.29 is 9.72 Å². The SMILES string of the molecule is Cc1c(NC(=O)CCc2cccs2)cccc1[N+](=O)[O-]. The Morgan fingerprint density at radius 3 is 2.80 bits per heavy atom. The summed E-state index contributed by atoms with van der Waals surface area (Å²) in [6.07, 6.45) is 1.04. The van der Waals surface area contributed by atoms with Gasteiger partial charge in [-0.15, -0.1) is 11.3 Å². The summed E-state index contributed by atoms with van der Waals surface area (Å²) < 4.78 is 0. The Hall–Kier alpha value is -2.21. The Bertz CT molecular complexity index is 623. The number of carbonyl (C=O) groups excluding carboxylic acids is 1. The molecule has 0 spiro atoms. The van der Waals surface area contributed by atoms with E-state index in [4.69, 9.17) is 0 Å². The number of benzene rings is 1. The number of amides is 1. The number of hydrogen-bond acceptors (Lipinski definition) is 4. The lowest BCUT2D eigenvalue weighted by molar-refractivity contribution is -0.385. The van der Waals surface area contributed by atoms with Crippen molar-refractivity contribution >= 4 is 28.6 Å². The average molecular weight is 290 g/mol. The Kier molecular flexibility index (Phi) is 4.47. The Morgan fingerprint density at radius 2 is 2.15 bits per heavy atom. The van der Waals surface area contributed by atoms with Gasteiger partial charge < -0.3 is 5.32 Å². The van der Waals surface area contributed by atoms with Crippen LogP contribution in [0, 0.1) is 17.0 Å². The minimum absolute atomic E-state index is 0.0149. The van der Waals surface area contributed by atoms with E-state index in [1.54, 1.807) is 30.4 Å². The first-order valence-corrected chi connectivity index (χ1v) is 7.02. The highest BCUT2D eigenvalue weighted by molar-refractivity contribution is 7.09.